The van der Waals surface area contributed by atoms with Crippen LogP contribution in [0.5, 0.6) is 0 Å². The van der Waals surface area contributed by atoms with E-state index in [1.165, 1.54) is 6.08 Å². The summed E-state index contributed by atoms with van der Waals surface area (Å²) in [6.07, 6.45) is 1.48. The molecule has 2 nitrogen and oxygen atoms in total. The molecule has 0 aliphatic rings. The molecule has 0 fully saturated rings. The van der Waals surface area contributed by atoms with Gasteiger partial charge in [-0.2, -0.15) is 0 Å². The third-order valence-electron chi connectivity index (χ3n) is 0.904. The van der Waals surface area contributed by atoms with Crippen molar-refractivity contribution in [2.75, 3.05) is 6.61 Å². The van der Waals surface area contributed by atoms with Crippen LogP contribution in [0, 0.1) is 6.92 Å². The molecule has 0 atom stereocenters. The molecule has 0 rings (SSSR count). The van der Waals surface area contributed by atoms with E-state index in [4.69, 9.17) is 0 Å². The highest BCUT2D eigenvalue weighted by Gasteiger charge is 2.00. The van der Waals surface area contributed by atoms with E-state index in [0.29, 0.717) is 12.2 Å². The highest BCUT2D eigenvalue weighted by molar-refractivity contribution is 5.87. The molecule has 0 aromatic rings. The molecular weight excluding hydrogens is 116 g/mol. The number of ether oxygens (including phenoxy) is 1. The van der Waals surface area contributed by atoms with Crippen molar-refractivity contribution in [2.45, 2.75) is 13.8 Å². The molecule has 1 radical (unpaired) electrons. The maximum Gasteiger partial charge on any atom is 0.333 e. The van der Waals surface area contributed by atoms with Crippen molar-refractivity contribution in [1.29, 1.82) is 0 Å². The van der Waals surface area contributed by atoms with E-state index in [-0.39, 0.29) is 5.97 Å². The first kappa shape index (κ1) is 8.21. The zero-order chi connectivity index (χ0) is 7.28. The fraction of sp³-hybridized carbons (Fsp3) is 0.429. The molecule has 0 saturated carbocycles. The van der Waals surface area contributed by atoms with Crippen molar-refractivity contribution < 1.29 is 9.53 Å². The Morgan fingerprint density at radius 2 is 2.33 bits per heavy atom. The Balaban J connectivity index is 3.74. The van der Waals surface area contributed by atoms with Crippen LogP contribution in [-0.2, 0) is 9.53 Å². The summed E-state index contributed by atoms with van der Waals surface area (Å²) in [4.78, 5) is 10.6. The molecule has 0 aliphatic carbocycles. The molecule has 0 aromatic carbocycles. The molecule has 51 valence electrons. The van der Waals surface area contributed by atoms with Crippen LogP contribution in [-0.4, -0.2) is 12.6 Å². The molecular formula is C7H11O2. The van der Waals surface area contributed by atoms with Crippen LogP contribution in [0.3, 0.4) is 0 Å². The number of hydrogen-bond donors (Lipinski definition) is 0. The number of carbonyl (C=O) groups is 1. The van der Waals surface area contributed by atoms with Crippen molar-refractivity contribution in [3.8, 4) is 0 Å². The second-order valence-corrected chi connectivity index (χ2v) is 1.61. The van der Waals surface area contributed by atoms with Gasteiger partial charge < -0.3 is 4.74 Å². The molecule has 0 N–H and O–H groups in total. The molecule has 0 bridgehead atoms. The van der Waals surface area contributed by atoms with Gasteiger partial charge in [-0.05, 0) is 20.8 Å². The van der Waals surface area contributed by atoms with Gasteiger partial charge in [0.05, 0.1) is 6.61 Å². The predicted octanol–water partition coefficient (Wildman–Crippen LogP) is 1.33. The third kappa shape index (κ3) is 2.90. The Morgan fingerprint density at radius 3 is 2.67 bits per heavy atom. The lowest BCUT2D eigenvalue weighted by Gasteiger charge is -1.98. The van der Waals surface area contributed by atoms with E-state index < -0.39 is 0 Å². The van der Waals surface area contributed by atoms with Gasteiger partial charge >= 0.3 is 5.97 Å². The monoisotopic (exact) mass is 127 g/mol. The molecule has 2 heteroatoms. The summed E-state index contributed by atoms with van der Waals surface area (Å²) in [5.74, 6) is -0.285. The van der Waals surface area contributed by atoms with Gasteiger partial charge in [0.15, 0.2) is 0 Å². The Kier molecular flexibility index (Phi) is 3.76. The van der Waals surface area contributed by atoms with E-state index in [9.17, 15) is 4.79 Å². The van der Waals surface area contributed by atoms with Gasteiger partial charge in [-0.25, -0.2) is 4.79 Å². The maximum absolute atomic E-state index is 10.6. The summed E-state index contributed by atoms with van der Waals surface area (Å²) in [6.45, 7) is 7.29. The van der Waals surface area contributed by atoms with Gasteiger partial charge in [-0.1, -0.05) is 6.08 Å². The molecule has 9 heavy (non-hydrogen) atoms. The molecule has 0 aromatic heterocycles. The highest BCUT2D eigenvalue weighted by Crippen LogP contribution is 1.93. The average Bonchev–Trinajstić information content (AvgIpc) is 1.87. The fourth-order valence-electron chi connectivity index (χ4n) is 0.328. The van der Waals surface area contributed by atoms with Crippen molar-refractivity contribution in [1.82, 2.24) is 0 Å². The van der Waals surface area contributed by atoms with Crippen LogP contribution in [0.2, 0.25) is 0 Å². The Labute approximate surface area is 55.5 Å². The smallest absolute Gasteiger partial charge is 0.333 e. The normalized spacial score (nSPS) is 11.2. The topological polar surface area (TPSA) is 26.3 Å². The first-order valence-electron chi connectivity index (χ1n) is 2.85. The summed E-state index contributed by atoms with van der Waals surface area (Å²) < 4.78 is 4.65. The van der Waals surface area contributed by atoms with Crippen molar-refractivity contribution in [3.63, 3.8) is 0 Å². The largest absolute Gasteiger partial charge is 0.463 e. The van der Waals surface area contributed by atoms with E-state index in [2.05, 4.69) is 11.7 Å². The minimum absolute atomic E-state index is 0.285. The van der Waals surface area contributed by atoms with Crippen LogP contribution < -0.4 is 0 Å². The zero-order valence-electron chi connectivity index (χ0n) is 5.81. The molecule has 0 aliphatic heterocycles. The Morgan fingerprint density at radius 1 is 1.78 bits per heavy atom. The molecule has 0 heterocycles. The van der Waals surface area contributed by atoms with Crippen molar-refractivity contribution >= 4 is 5.97 Å². The van der Waals surface area contributed by atoms with Gasteiger partial charge in [0, 0.05) is 5.57 Å². The second-order valence-electron chi connectivity index (χ2n) is 1.61. The summed E-state index contributed by atoms with van der Waals surface area (Å²) in [5, 5.41) is 0. The Bertz CT molecular complexity index is 125. The van der Waals surface area contributed by atoms with Gasteiger partial charge in [-0.3, -0.25) is 0 Å². The standard InChI is InChI=1S/C7H11O2/c1-4-6(3)7(8)9-5-2/h4H,1,5H2,2-3H3. The summed E-state index contributed by atoms with van der Waals surface area (Å²) >= 11 is 0. The lowest BCUT2D eigenvalue weighted by molar-refractivity contribution is -0.138. The van der Waals surface area contributed by atoms with E-state index in [0.717, 1.165) is 0 Å². The second kappa shape index (κ2) is 4.13. The maximum atomic E-state index is 10.6. The summed E-state index contributed by atoms with van der Waals surface area (Å²) in [7, 11) is 0. The number of allylic oxidation sites excluding steroid dienone is 1. The molecule has 0 saturated heterocycles. The molecule has 0 amide bonds. The van der Waals surface area contributed by atoms with E-state index in [1.54, 1.807) is 13.8 Å². The minimum Gasteiger partial charge on any atom is -0.463 e. The van der Waals surface area contributed by atoms with Crippen LogP contribution in [0.25, 0.3) is 0 Å². The zero-order valence-corrected chi connectivity index (χ0v) is 5.81. The van der Waals surface area contributed by atoms with Crippen molar-refractivity contribution in [2.24, 2.45) is 0 Å². The summed E-state index contributed by atoms with van der Waals surface area (Å²) in [6, 6.07) is 0. The highest BCUT2D eigenvalue weighted by atomic mass is 16.5. The molecule has 0 spiro atoms. The third-order valence-corrected chi connectivity index (χ3v) is 0.904. The Hall–Kier alpha value is -0.790. The first-order chi connectivity index (χ1) is 4.22. The van der Waals surface area contributed by atoms with Gasteiger partial charge in [0.1, 0.15) is 0 Å². The number of rotatable bonds is 2. The lowest BCUT2D eigenvalue weighted by atomic mass is 10.3. The fourth-order valence-corrected chi connectivity index (χ4v) is 0.328. The average molecular weight is 127 g/mol. The summed E-state index contributed by atoms with van der Waals surface area (Å²) in [5.41, 5.74) is 0.553. The van der Waals surface area contributed by atoms with E-state index in [1.807, 2.05) is 0 Å². The number of hydrogen-bond acceptors (Lipinski definition) is 2. The van der Waals surface area contributed by atoms with Gasteiger partial charge in [-0.15, -0.1) is 0 Å². The van der Waals surface area contributed by atoms with Crippen LogP contribution in [0.4, 0.5) is 0 Å². The van der Waals surface area contributed by atoms with E-state index >= 15 is 0 Å². The predicted molar refractivity (Wildman–Crippen MR) is 35.7 cm³/mol. The minimum atomic E-state index is -0.285. The van der Waals surface area contributed by atoms with Crippen LogP contribution in [0.1, 0.15) is 13.8 Å². The van der Waals surface area contributed by atoms with Gasteiger partial charge in [0.25, 0.3) is 0 Å². The SMILES string of the molecule is [CH2]C=C(C)C(=O)OCC. The lowest BCUT2D eigenvalue weighted by Crippen LogP contribution is -2.04. The van der Waals surface area contributed by atoms with Gasteiger partial charge in [0.2, 0.25) is 0 Å². The number of carbonyl (C=O) groups excluding carboxylic acids is 1. The van der Waals surface area contributed by atoms with Crippen molar-refractivity contribution in [3.05, 3.63) is 18.6 Å². The first-order valence-corrected chi connectivity index (χ1v) is 2.85. The quantitative estimate of drug-likeness (QED) is 0.413. The number of esters is 1. The van der Waals surface area contributed by atoms with Crippen LogP contribution >= 0.6 is 0 Å². The molecule has 0 unspecified atom stereocenters. The van der Waals surface area contributed by atoms with Crippen LogP contribution in [0.15, 0.2) is 11.6 Å².